The van der Waals surface area contributed by atoms with Crippen LogP contribution in [0, 0.1) is 0 Å². The second kappa shape index (κ2) is 10.7. The smallest absolute Gasteiger partial charge is 0.257 e. The summed E-state index contributed by atoms with van der Waals surface area (Å²) in [6.07, 6.45) is 0. The van der Waals surface area contributed by atoms with Crippen molar-refractivity contribution in [1.29, 1.82) is 0 Å². The molecule has 11 heteroatoms. The number of rotatable bonds is 9. The molecule has 2 aromatic carbocycles. The van der Waals surface area contributed by atoms with Crippen molar-refractivity contribution in [2.24, 2.45) is 0 Å². The third-order valence-corrected chi connectivity index (χ3v) is 6.15. The van der Waals surface area contributed by atoms with Crippen molar-refractivity contribution in [2.45, 2.75) is 11.3 Å². The molecular weight excluding hydrogens is 452 g/mol. The van der Waals surface area contributed by atoms with E-state index in [2.05, 4.69) is 20.8 Å². The number of carbonyl (C=O) groups excluding carboxylic acids is 3. The SMILES string of the molecule is COc1ccc(C(=O)Nc2nnc(SCC(=O)Nc3ccc(C(C)=O)cc3)s2)cc1OC. The Hall–Kier alpha value is -3.44. The minimum Gasteiger partial charge on any atom is -0.493 e. The zero-order valence-electron chi connectivity index (χ0n) is 17.5. The van der Waals surface area contributed by atoms with Crippen molar-refractivity contribution in [3.63, 3.8) is 0 Å². The molecule has 3 aromatic rings. The third-order valence-electron chi connectivity index (χ3n) is 4.17. The number of amides is 2. The van der Waals surface area contributed by atoms with Crippen LogP contribution < -0.4 is 20.1 Å². The van der Waals surface area contributed by atoms with Crippen LogP contribution in [-0.2, 0) is 4.79 Å². The molecule has 0 aliphatic rings. The fourth-order valence-corrected chi connectivity index (χ4v) is 4.12. The highest BCUT2D eigenvalue weighted by molar-refractivity contribution is 8.01. The number of nitrogens with zero attached hydrogens (tertiary/aromatic N) is 2. The van der Waals surface area contributed by atoms with Crippen molar-refractivity contribution in [3.8, 4) is 11.5 Å². The van der Waals surface area contributed by atoms with Crippen LogP contribution in [0.2, 0.25) is 0 Å². The molecule has 0 fully saturated rings. The van der Waals surface area contributed by atoms with Crippen LogP contribution >= 0.6 is 23.1 Å². The normalized spacial score (nSPS) is 10.3. The Morgan fingerprint density at radius 2 is 1.62 bits per heavy atom. The average molecular weight is 473 g/mol. The summed E-state index contributed by atoms with van der Waals surface area (Å²) >= 11 is 2.36. The third kappa shape index (κ3) is 6.05. The van der Waals surface area contributed by atoms with Gasteiger partial charge in [0.1, 0.15) is 0 Å². The molecule has 2 amide bonds. The number of benzene rings is 2. The Balaban J connectivity index is 1.52. The largest absolute Gasteiger partial charge is 0.493 e. The van der Waals surface area contributed by atoms with Crippen molar-refractivity contribution >= 4 is 51.5 Å². The number of ketones is 1. The highest BCUT2D eigenvalue weighted by atomic mass is 32.2. The van der Waals surface area contributed by atoms with E-state index in [-0.39, 0.29) is 23.4 Å². The summed E-state index contributed by atoms with van der Waals surface area (Å²) in [4.78, 5) is 35.9. The molecule has 0 saturated carbocycles. The first-order valence-corrected chi connectivity index (χ1v) is 11.1. The lowest BCUT2D eigenvalue weighted by molar-refractivity contribution is -0.113. The first kappa shape index (κ1) is 23.2. The maximum absolute atomic E-state index is 12.5. The fraction of sp³-hybridized carbons (Fsp3) is 0.190. The van der Waals surface area contributed by atoms with E-state index in [1.54, 1.807) is 42.5 Å². The summed E-state index contributed by atoms with van der Waals surface area (Å²) < 4.78 is 10.9. The van der Waals surface area contributed by atoms with Gasteiger partial charge in [0, 0.05) is 16.8 Å². The molecule has 32 heavy (non-hydrogen) atoms. The molecule has 1 heterocycles. The predicted octanol–water partition coefficient (Wildman–Crippen LogP) is 3.74. The molecule has 0 aliphatic carbocycles. The number of anilines is 2. The van der Waals surface area contributed by atoms with Crippen LogP contribution in [0.1, 0.15) is 27.6 Å². The predicted molar refractivity (Wildman–Crippen MR) is 123 cm³/mol. The van der Waals surface area contributed by atoms with Crippen LogP contribution in [0.5, 0.6) is 11.5 Å². The number of nitrogens with one attached hydrogen (secondary N) is 2. The van der Waals surface area contributed by atoms with Gasteiger partial charge in [-0.25, -0.2) is 0 Å². The second-order valence-electron chi connectivity index (χ2n) is 6.37. The van der Waals surface area contributed by atoms with Gasteiger partial charge in [-0.1, -0.05) is 23.1 Å². The number of Topliss-reactive ketones (excluding diaryl/α,β-unsaturated/α-hetero) is 1. The highest BCUT2D eigenvalue weighted by Crippen LogP contribution is 2.29. The number of hydrogen-bond donors (Lipinski definition) is 2. The molecule has 0 spiro atoms. The standard InChI is InChI=1S/C21H20N4O5S2/c1-12(26)13-4-7-15(8-5-13)22-18(27)11-31-21-25-24-20(32-21)23-19(28)14-6-9-16(29-2)17(10-14)30-3/h4-10H,11H2,1-3H3,(H,22,27)(H,23,24,28). The van der Waals surface area contributed by atoms with E-state index in [1.807, 2.05) is 0 Å². The van der Waals surface area contributed by atoms with Gasteiger partial charge in [-0.3, -0.25) is 19.7 Å². The molecule has 0 radical (unpaired) electrons. The number of thioether (sulfide) groups is 1. The molecule has 3 rings (SSSR count). The number of ether oxygens (including phenoxy) is 2. The van der Waals surface area contributed by atoms with Gasteiger partial charge in [-0.05, 0) is 49.4 Å². The zero-order chi connectivity index (χ0) is 23.1. The van der Waals surface area contributed by atoms with Crippen LogP contribution in [0.4, 0.5) is 10.8 Å². The van der Waals surface area contributed by atoms with Gasteiger partial charge in [0.25, 0.3) is 5.91 Å². The Labute approximate surface area is 192 Å². The summed E-state index contributed by atoms with van der Waals surface area (Å²) in [5.41, 5.74) is 1.55. The Kier molecular flexibility index (Phi) is 7.79. The minimum atomic E-state index is -0.370. The molecule has 2 N–H and O–H groups in total. The van der Waals surface area contributed by atoms with Crippen LogP contribution in [0.15, 0.2) is 46.8 Å². The van der Waals surface area contributed by atoms with E-state index in [9.17, 15) is 14.4 Å². The lowest BCUT2D eigenvalue weighted by Crippen LogP contribution is -2.14. The summed E-state index contributed by atoms with van der Waals surface area (Å²) in [6.45, 7) is 1.48. The van der Waals surface area contributed by atoms with Gasteiger partial charge >= 0.3 is 0 Å². The van der Waals surface area contributed by atoms with Crippen LogP contribution in [-0.4, -0.2) is 47.8 Å². The maximum Gasteiger partial charge on any atom is 0.257 e. The molecule has 9 nitrogen and oxygen atoms in total. The fourth-order valence-electron chi connectivity index (χ4n) is 2.58. The Morgan fingerprint density at radius 3 is 2.28 bits per heavy atom. The molecule has 1 aromatic heterocycles. The van der Waals surface area contributed by atoms with E-state index in [4.69, 9.17) is 9.47 Å². The average Bonchev–Trinajstić information content (AvgIpc) is 3.24. The van der Waals surface area contributed by atoms with Crippen molar-refractivity contribution in [3.05, 3.63) is 53.6 Å². The molecule has 0 aliphatic heterocycles. The lowest BCUT2D eigenvalue weighted by Gasteiger charge is -2.08. The summed E-state index contributed by atoms with van der Waals surface area (Å²) in [5, 5.41) is 13.7. The first-order valence-electron chi connectivity index (χ1n) is 9.30. The van der Waals surface area contributed by atoms with E-state index >= 15 is 0 Å². The lowest BCUT2D eigenvalue weighted by atomic mass is 10.1. The Bertz CT molecular complexity index is 1130. The van der Waals surface area contributed by atoms with Gasteiger partial charge in [-0.15, -0.1) is 10.2 Å². The van der Waals surface area contributed by atoms with Crippen molar-refractivity contribution in [1.82, 2.24) is 10.2 Å². The highest BCUT2D eigenvalue weighted by Gasteiger charge is 2.14. The zero-order valence-corrected chi connectivity index (χ0v) is 19.1. The number of methoxy groups -OCH3 is 2. The van der Waals surface area contributed by atoms with Crippen LogP contribution in [0.3, 0.4) is 0 Å². The molecule has 0 bridgehead atoms. The van der Waals surface area contributed by atoms with Gasteiger partial charge < -0.3 is 14.8 Å². The molecule has 166 valence electrons. The summed E-state index contributed by atoms with van der Waals surface area (Å²) in [6, 6.07) is 11.5. The van der Waals surface area contributed by atoms with Crippen molar-refractivity contribution in [2.75, 3.05) is 30.6 Å². The van der Waals surface area contributed by atoms with Crippen molar-refractivity contribution < 1.29 is 23.9 Å². The van der Waals surface area contributed by atoms with E-state index < -0.39 is 0 Å². The monoisotopic (exact) mass is 472 g/mol. The van der Waals surface area contributed by atoms with Gasteiger partial charge in [0.2, 0.25) is 11.0 Å². The Morgan fingerprint density at radius 1 is 0.938 bits per heavy atom. The molecular formula is C21H20N4O5S2. The summed E-state index contributed by atoms with van der Waals surface area (Å²) in [5.74, 6) is 0.445. The van der Waals surface area contributed by atoms with Crippen LogP contribution in [0.25, 0.3) is 0 Å². The summed E-state index contributed by atoms with van der Waals surface area (Å²) in [7, 11) is 3.01. The van der Waals surface area contributed by atoms with Gasteiger partial charge in [0.15, 0.2) is 21.6 Å². The topological polar surface area (TPSA) is 120 Å². The molecule has 0 unspecified atom stereocenters. The quantitative estimate of drug-likeness (QED) is 0.275. The number of hydrogen-bond acceptors (Lipinski definition) is 9. The minimum absolute atomic E-state index is 0.0382. The number of carbonyl (C=O) groups is 3. The van der Waals surface area contributed by atoms with E-state index in [0.29, 0.717) is 37.8 Å². The number of aromatic nitrogens is 2. The maximum atomic E-state index is 12.5. The van der Waals surface area contributed by atoms with E-state index in [1.165, 1.54) is 32.9 Å². The van der Waals surface area contributed by atoms with Gasteiger partial charge in [0.05, 0.1) is 20.0 Å². The molecule has 0 atom stereocenters. The van der Waals surface area contributed by atoms with Gasteiger partial charge in [-0.2, -0.15) is 0 Å². The molecule has 0 saturated heterocycles. The van der Waals surface area contributed by atoms with E-state index in [0.717, 1.165) is 11.3 Å². The second-order valence-corrected chi connectivity index (χ2v) is 8.57. The first-order chi connectivity index (χ1) is 15.4.